The van der Waals surface area contributed by atoms with Crippen molar-refractivity contribution in [3.05, 3.63) is 44.2 Å². The number of nitrogens with zero attached hydrogens (tertiary/aromatic N) is 1. The van der Waals surface area contributed by atoms with Crippen molar-refractivity contribution in [3.63, 3.8) is 0 Å². The quantitative estimate of drug-likeness (QED) is 0.738. The van der Waals surface area contributed by atoms with Gasteiger partial charge in [0.15, 0.2) is 0 Å². The number of pyridine rings is 1. The molecule has 2 rings (SSSR count). The Labute approximate surface area is 130 Å². The maximum atomic E-state index is 12.8. The number of halogens is 4. The lowest BCUT2D eigenvalue weighted by molar-refractivity contribution is -0.137. The average molecular weight is 335 g/mol. The van der Waals surface area contributed by atoms with Gasteiger partial charge in [0, 0.05) is 9.75 Å². The van der Waals surface area contributed by atoms with Gasteiger partial charge in [-0.15, -0.1) is 11.3 Å². The molecule has 0 aliphatic carbocycles. The summed E-state index contributed by atoms with van der Waals surface area (Å²) in [7, 11) is 0. The van der Waals surface area contributed by atoms with Crippen LogP contribution in [0, 0.1) is 13.8 Å². The van der Waals surface area contributed by atoms with Crippen molar-refractivity contribution >= 4 is 28.8 Å². The molecule has 0 radical (unpaired) electrons. The van der Waals surface area contributed by atoms with Crippen LogP contribution in [-0.4, -0.2) is 4.98 Å². The van der Waals surface area contributed by atoms with E-state index in [0.717, 1.165) is 27.5 Å². The molecule has 0 aliphatic heterocycles. The molecular weight excluding hydrogens is 321 g/mol. The van der Waals surface area contributed by atoms with E-state index in [1.807, 2.05) is 26.8 Å². The fourth-order valence-corrected chi connectivity index (χ4v) is 3.35. The van der Waals surface area contributed by atoms with Crippen LogP contribution in [0.2, 0.25) is 5.15 Å². The topological polar surface area (TPSA) is 24.9 Å². The summed E-state index contributed by atoms with van der Waals surface area (Å²) < 4.78 is 38.3. The predicted molar refractivity (Wildman–Crippen MR) is 80.1 cm³/mol. The first-order valence-corrected chi connectivity index (χ1v) is 7.44. The van der Waals surface area contributed by atoms with Crippen LogP contribution in [-0.2, 0) is 6.18 Å². The molecule has 0 bridgehead atoms. The van der Waals surface area contributed by atoms with Crippen molar-refractivity contribution < 1.29 is 13.2 Å². The Morgan fingerprint density at radius 2 is 1.90 bits per heavy atom. The van der Waals surface area contributed by atoms with E-state index >= 15 is 0 Å². The standard InChI is InChI=1S/C14H14ClF3N2S/c1-7-4-11(9(3)21-7)8(2)19-13-6-10(14(16,17)18)5-12(15)20-13/h4-6,8H,1-3H3,(H,19,20). The zero-order valence-electron chi connectivity index (χ0n) is 11.7. The van der Waals surface area contributed by atoms with Crippen LogP contribution >= 0.6 is 22.9 Å². The molecule has 0 aliphatic rings. The molecule has 0 aromatic carbocycles. The summed E-state index contributed by atoms with van der Waals surface area (Å²) in [6, 6.07) is 3.66. The minimum atomic E-state index is -4.44. The van der Waals surface area contributed by atoms with Gasteiger partial charge >= 0.3 is 6.18 Å². The number of rotatable bonds is 3. The fourth-order valence-electron chi connectivity index (χ4n) is 2.11. The molecule has 1 unspecified atom stereocenters. The van der Waals surface area contributed by atoms with E-state index in [0.29, 0.717) is 0 Å². The summed E-state index contributed by atoms with van der Waals surface area (Å²) in [6.07, 6.45) is -4.44. The molecular formula is C14H14ClF3N2S. The lowest BCUT2D eigenvalue weighted by Crippen LogP contribution is -2.11. The van der Waals surface area contributed by atoms with Gasteiger partial charge in [0.1, 0.15) is 11.0 Å². The smallest absolute Gasteiger partial charge is 0.363 e. The van der Waals surface area contributed by atoms with E-state index in [9.17, 15) is 13.2 Å². The summed E-state index contributed by atoms with van der Waals surface area (Å²) in [5.74, 6) is 0.116. The van der Waals surface area contributed by atoms with Crippen LogP contribution in [0.4, 0.5) is 19.0 Å². The Kier molecular flexibility index (Phi) is 4.49. The maximum absolute atomic E-state index is 12.8. The Hall–Kier alpha value is -1.27. The maximum Gasteiger partial charge on any atom is 0.416 e. The number of aromatic nitrogens is 1. The van der Waals surface area contributed by atoms with Crippen LogP contribution in [0.1, 0.15) is 33.8 Å². The number of thiophene rings is 1. The van der Waals surface area contributed by atoms with E-state index in [2.05, 4.69) is 10.3 Å². The number of hydrogen-bond acceptors (Lipinski definition) is 3. The van der Waals surface area contributed by atoms with E-state index in [1.165, 1.54) is 0 Å². The first-order valence-electron chi connectivity index (χ1n) is 6.25. The highest BCUT2D eigenvalue weighted by Gasteiger charge is 2.31. The van der Waals surface area contributed by atoms with Crippen LogP contribution in [0.5, 0.6) is 0 Å². The van der Waals surface area contributed by atoms with E-state index in [4.69, 9.17) is 11.6 Å². The summed E-state index contributed by atoms with van der Waals surface area (Å²) in [4.78, 5) is 6.20. The van der Waals surface area contributed by atoms with Crippen molar-refractivity contribution in [3.8, 4) is 0 Å². The largest absolute Gasteiger partial charge is 0.416 e. The zero-order chi connectivity index (χ0) is 15.8. The number of alkyl halides is 3. The normalized spacial score (nSPS) is 13.3. The van der Waals surface area contributed by atoms with Crippen molar-refractivity contribution in [1.29, 1.82) is 0 Å². The Balaban J connectivity index is 2.27. The molecule has 1 N–H and O–H groups in total. The first kappa shape index (κ1) is 16.1. The highest BCUT2D eigenvalue weighted by Crippen LogP contribution is 2.33. The minimum Gasteiger partial charge on any atom is -0.363 e. The molecule has 1 atom stereocenters. The SMILES string of the molecule is Cc1cc(C(C)Nc2cc(C(F)(F)F)cc(Cl)n2)c(C)s1. The first-order chi connectivity index (χ1) is 9.66. The minimum absolute atomic E-state index is 0.116. The van der Waals surface area contributed by atoms with Gasteiger partial charge in [-0.2, -0.15) is 13.2 Å². The Morgan fingerprint density at radius 3 is 2.43 bits per heavy atom. The van der Waals surface area contributed by atoms with Crippen LogP contribution < -0.4 is 5.32 Å². The third kappa shape index (κ3) is 3.89. The average Bonchev–Trinajstić information content (AvgIpc) is 2.66. The molecule has 114 valence electrons. The van der Waals surface area contributed by atoms with E-state index in [1.54, 1.807) is 11.3 Å². The van der Waals surface area contributed by atoms with Gasteiger partial charge in [0.2, 0.25) is 0 Å². The second kappa shape index (κ2) is 5.85. The molecule has 21 heavy (non-hydrogen) atoms. The molecule has 2 nitrogen and oxygen atoms in total. The summed E-state index contributed by atoms with van der Waals surface area (Å²) in [5, 5.41) is 2.79. The molecule has 0 saturated heterocycles. The second-order valence-corrected chi connectivity index (χ2v) is 6.64. The van der Waals surface area contributed by atoms with Crippen LogP contribution in [0.3, 0.4) is 0 Å². The van der Waals surface area contributed by atoms with Crippen LogP contribution in [0.25, 0.3) is 0 Å². The number of anilines is 1. The van der Waals surface area contributed by atoms with Gasteiger partial charge in [-0.3, -0.25) is 0 Å². The number of aryl methyl sites for hydroxylation is 2. The van der Waals surface area contributed by atoms with Crippen molar-refractivity contribution in [2.75, 3.05) is 5.32 Å². The molecule has 0 fully saturated rings. The van der Waals surface area contributed by atoms with Gasteiger partial charge in [0.25, 0.3) is 0 Å². The lowest BCUT2D eigenvalue weighted by Gasteiger charge is -2.16. The summed E-state index contributed by atoms with van der Waals surface area (Å²) in [5.41, 5.74) is 0.239. The second-order valence-electron chi connectivity index (χ2n) is 4.80. The monoisotopic (exact) mass is 334 g/mol. The Bertz CT molecular complexity index is 652. The third-order valence-corrected chi connectivity index (χ3v) is 4.21. The summed E-state index contributed by atoms with van der Waals surface area (Å²) >= 11 is 7.32. The highest BCUT2D eigenvalue weighted by atomic mass is 35.5. The van der Waals surface area contributed by atoms with Gasteiger partial charge in [0.05, 0.1) is 11.6 Å². The van der Waals surface area contributed by atoms with Gasteiger partial charge in [-0.25, -0.2) is 4.98 Å². The number of hydrogen-bond donors (Lipinski definition) is 1. The van der Waals surface area contributed by atoms with Gasteiger partial charge < -0.3 is 5.32 Å². The number of nitrogens with one attached hydrogen (secondary N) is 1. The molecule has 7 heteroatoms. The highest BCUT2D eigenvalue weighted by molar-refractivity contribution is 7.12. The Morgan fingerprint density at radius 1 is 1.24 bits per heavy atom. The van der Waals surface area contributed by atoms with Gasteiger partial charge in [-0.05, 0) is 44.5 Å². The van der Waals surface area contributed by atoms with Crippen molar-refractivity contribution in [1.82, 2.24) is 4.98 Å². The fraction of sp³-hybridized carbons (Fsp3) is 0.357. The molecule has 0 saturated carbocycles. The molecule has 0 spiro atoms. The molecule has 2 aromatic heterocycles. The third-order valence-electron chi connectivity index (χ3n) is 3.03. The van der Waals surface area contributed by atoms with Gasteiger partial charge in [-0.1, -0.05) is 11.6 Å². The van der Waals surface area contributed by atoms with Crippen LogP contribution in [0.15, 0.2) is 18.2 Å². The summed E-state index contributed by atoms with van der Waals surface area (Å²) in [6.45, 7) is 5.86. The molecule has 0 amide bonds. The lowest BCUT2D eigenvalue weighted by atomic mass is 10.1. The predicted octanol–water partition coefficient (Wildman–Crippen LogP) is 5.61. The van der Waals surface area contributed by atoms with Crippen molar-refractivity contribution in [2.45, 2.75) is 33.0 Å². The van der Waals surface area contributed by atoms with Crippen molar-refractivity contribution in [2.24, 2.45) is 0 Å². The van der Waals surface area contributed by atoms with E-state index in [-0.39, 0.29) is 17.0 Å². The van der Waals surface area contributed by atoms with E-state index < -0.39 is 11.7 Å². The molecule has 2 heterocycles. The zero-order valence-corrected chi connectivity index (χ0v) is 13.2. The molecule has 2 aromatic rings.